The number of benzene rings is 1. The molecule has 124 valence electrons. The highest BCUT2D eigenvalue weighted by atomic mass is 32.2. The Bertz CT molecular complexity index is 833. The maximum Gasteiger partial charge on any atom is 0.240 e. The summed E-state index contributed by atoms with van der Waals surface area (Å²) in [5.74, 6) is -0.0941. The van der Waals surface area contributed by atoms with Crippen LogP contribution < -0.4 is 10.0 Å². The molecule has 0 bridgehead atoms. The zero-order valence-electron chi connectivity index (χ0n) is 11.8. The van der Waals surface area contributed by atoms with Gasteiger partial charge in [0.15, 0.2) is 5.13 Å². The summed E-state index contributed by atoms with van der Waals surface area (Å²) in [7, 11) is -4.27. The van der Waals surface area contributed by atoms with E-state index in [1.807, 2.05) is 11.8 Å². The topological polar surface area (TPSA) is 76.3 Å². The Hall–Kier alpha value is -1.23. The third-order valence-electron chi connectivity index (χ3n) is 3.38. The first-order chi connectivity index (χ1) is 10.9. The van der Waals surface area contributed by atoms with Crippen molar-refractivity contribution >= 4 is 38.3 Å². The van der Waals surface area contributed by atoms with Crippen LogP contribution in [0.3, 0.4) is 0 Å². The number of nitrogens with zero attached hydrogens (tertiary/aromatic N) is 2. The summed E-state index contributed by atoms with van der Waals surface area (Å²) in [4.78, 5) is 5.71. The molecule has 2 N–H and O–H groups in total. The van der Waals surface area contributed by atoms with E-state index < -0.39 is 26.6 Å². The van der Waals surface area contributed by atoms with Gasteiger partial charge in [-0.15, -0.1) is 11.3 Å². The van der Waals surface area contributed by atoms with Crippen LogP contribution in [0.15, 0.2) is 22.4 Å². The molecule has 0 aliphatic carbocycles. The van der Waals surface area contributed by atoms with Crippen molar-refractivity contribution in [2.75, 3.05) is 29.5 Å². The molecular weight excluding hydrogens is 364 g/mol. The Morgan fingerprint density at radius 1 is 1.17 bits per heavy atom. The van der Waals surface area contributed by atoms with Crippen LogP contribution in [0.1, 0.15) is 0 Å². The fraction of sp³-hybridized carbons (Fsp3) is 0.308. The lowest BCUT2D eigenvalue weighted by molar-refractivity contribution is 0.551. The van der Waals surface area contributed by atoms with Crippen LogP contribution in [0.25, 0.3) is 11.3 Å². The lowest BCUT2D eigenvalue weighted by Crippen LogP contribution is -2.32. The standard InChI is InChI=1S/C13H13F2N3O2S3/c14-9-6-10(15)12(23(16,19)20)5-8(9)11-7-22-13(17-11)18-1-3-21-4-2-18/h5-7H,1-4H2,(H2,16,19,20). The summed E-state index contributed by atoms with van der Waals surface area (Å²) in [5, 5.41) is 7.32. The predicted molar refractivity (Wildman–Crippen MR) is 88.4 cm³/mol. The average Bonchev–Trinajstić information content (AvgIpc) is 2.96. The van der Waals surface area contributed by atoms with Gasteiger partial charge >= 0.3 is 0 Å². The van der Waals surface area contributed by atoms with Gasteiger partial charge in [0.05, 0.1) is 5.69 Å². The molecule has 1 saturated heterocycles. The second-order valence-corrected chi connectivity index (χ2v) is 8.51. The number of thiazole rings is 1. The van der Waals surface area contributed by atoms with Crippen molar-refractivity contribution < 1.29 is 17.2 Å². The molecule has 1 aliphatic heterocycles. The van der Waals surface area contributed by atoms with Crippen molar-refractivity contribution in [3.63, 3.8) is 0 Å². The molecular formula is C13H13F2N3O2S3. The van der Waals surface area contributed by atoms with Crippen LogP contribution >= 0.6 is 23.1 Å². The second-order valence-electron chi connectivity index (χ2n) is 4.92. The Kier molecular flexibility index (Phi) is 4.59. The van der Waals surface area contributed by atoms with Gasteiger partial charge in [-0.25, -0.2) is 27.3 Å². The van der Waals surface area contributed by atoms with Crippen molar-refractivity contribution in [2.45, 2.75) is 4.90 Å². The van der Waals surface area contributed by atoms with Gasteiger partial charge in [-0.3, -0.25) is 0 Å². The SMILES string of the molecule is NS(=O)(=O)c1cc(-c2csc(N3CCSCC3)n2)c(F)cc1F. The van der Waals surface area contributed by atoms with E-state index in [1.165, 1.54) is 11.3 Å². The van der Waals surface area contributed by atoms with E-state index in [9.17, 15) is 17.2 Å². The van der Waals surface area contributed by atoms with E-state index in [4.69, 9.17) is 5.14 Å². The fourth-order valence-corrected chi connectivity index (χ4v) is 4.63. The van der Waals surface area contributed by atoms with Gasteiger partial charge in [0.2, 0.25) is 10.0 Å². The van der Waals surface area contributed by atoms with Crippen molar-refractivity contribution in [3.05, 3.63) is 29.1 Å². The van der Waals surface area contributed by atoms with E-state index in [0.717, 1.165) is 35.8 Å². The smallest absolute Gasteiger partial charge is 0.240 e. The highest BCUT2D eigenvalue weighted by molar-refractivity contribution is 7.99. The third kappa shape index (κ3) is 3.49. The highest BCUT2D eigenvalue weighted by Gasteiger charge is 2.21. The average molecular weight is 377 g/mol. The molecule has 0 unspecified atom stereocenters. The van der Waals surface area contributed by atoms with Gasteiger partial charge in [-0.05, 0) is 6.07 Å². The third-order valence-corrected chi connectivity index (χ3v) is 6.15. The summed E-state index contributed by atoms with van der Waals surface area (Å²) in [5.41, 5.74) is 0.190. The van der Waals surface area contributed by atoms with Crippen LogP contribution in [-0.4, -0.2) is 38.0 Å². The summed E-state index contributed by atoms with van der Waals surface area (Å²) < 4.78 is 50.4. The Labute approximate surface area is 140 Å². The number of halogens is 2. The normalized spacial score (nSPS) is 15.9. The zero-order valence-corrected chi connectivity index (χ0v) is 14.3. The number of nitrogens with two attached hydrogens (primary N) is 1. The molecule has 1 aromatic carbocycles. The van der Waals surface area contributed by atoms with E-state index in [2.05, 4.69) is 9.88 Å². The number of primary sulfonamides is 1. The van der Waals surface area contributed by atoms with Crippen LogP contribution in [0, 0.1) is 11.6 Å². The maximum absolute atomic E-state index is 14.0. The summed E-state index contributed by atoms with van der Waals surface area (Å²) in [6.45, 7) is 1.71. The predicted octanol–water partition coefficient (Wildman–Crippen LogP) is 2.29. The molecule has 0 saturated carbocycles. The number of hydrogen-bond acceptors (Lipinski definition) is 6. The van der Waals surface area contributed by atoms with Gasteiger partial charge in [0.25, 0.3) is 0 Å². The minimum absolute atomic E-state index is 0.0793. The minimum Gasteiger partial charge on any atom is -0.346 e. The molecule has 0 spiro atoms. The van der Waals surface area contributed by atoms with Gasteiger partial charge in [-0.1, -0.05) is 0 Å². The van der Waals surface area contributed by atoms with Gasteiger partial charge in [-0.2, -0.15) is 11.8 Å². The molecule has 1 aliphatic rings. The lowest BCUT2D eigenvalue weighted by Gasteiger charge is -2.25. The molecule has 5 nitrogen and oxygen atoms in total. The first-order valence-corrected chi connectivity index (χ1v) is 10.2. The molecule has 1 aromatic heterocycles. The van der Waals surface area contributed by atoms with E-state index in [-0.39, 0.29) is 11.3 Å². The van der Waals surface area contributed by atoms with Crippen molar-refractivity contribution in [3.8, 4) is 11.3 Å². The molecule has 0 radical (unpaired) electrons. The van der Waals surface area contributed by atoms with Gasteiger partial charge in [0.1, 0.15) is 16.5 Å². The minimum atomic E-state index is -4.27. The summed E-state index contributed by atoms with van der Waals surface area (Å²) >= 11 is 3.20. The maximum atomic E-state index is 14.0. The van der Waals surface area contributed by atoms with Crippen LogP contribution in [0.4, 0.5) is 13.9 Å². The van der Waals surface area contributed by atoms with Crippen molar-refractivity contribution in [1.29, 1.82) is 0 Å². The fourth-order valence-electron chi connectivity index (χ4n) is 2.23. The van der Waals surface area contributed by atoms with E-state index >= 15 is 0 Å². The number of anilines is 1. The number of sulfonamides is 1. The molecule has 2 aromatic rings. The van der Waals surface area contributed by atoms with Gasteiger partial charge in [0, 0.05) is 41.6 Å². The van der Waals surface area contributed by atoms with Gasteiger partial charge < -0.3 is 4.90 Å². The highest BCUT2D eigenvalue weighted by Crippen LogP contribution is 2.32. The largest absolute Gasteiger partial charge is 0.346 e. The van der Waals surface area contributed by atoms with Crippen LogP contribution in [0.5, 0.6) is 0 Å². The number of aromatic nitrogens is 1. The Morgan fingerprint density at radius 2 is 1.87 bits per heavy atom. The first kappa shape index (κ1) is 16.6. The molecule has 2 heterocycles. The van der Waals surface area contributed by atoms with Crippen LogP contribution in [0.2, 0.25) is 0 Å². The first-order valence-electron chi connectivity index (χ1n) is 6.66. The second kappa shape index (κ2) is 6.34. The number of hydrogen-bond donors (Lipinski definition) is 1. The molecule has 1 fully saturated rings. The van der Waals surface area contributed by atoms with Crippen molar-refractivity contribution in [1.82, 2.24) is 4.98 Å². The monoisotopic (exact) mass is 377 g/mol. The summed E-state index contributed by atoms with van der Waals surface area (Å²) in [6.07, 6.45) is 0. The quantitative estimate of drug-likeness (QED) is 0.888. The molecule has 10 heteroatoms. The van der Waals surface area contributed by atoms with E-state index in [1.54, 1.807) is 5.38 Å². The molecule has 23 heavy (non-hydrogen) atoms. The molecule has 0 amide bonds. The molecule has 0 atom stereocenters. The Morgan fingerprint density at radius 3 is 2.52 bits per heavy atom. The zero-order chi connectivity index (χ0) is 16.6. The number of thioether (sulfide) groups is 1. The van der Waals surface area contributed by atoms with Crippen LogP contribution in [-0.2, 0) is 10.0 Å². The Balaban J connectivity index is 2.00. The lowest BCUT2D eigenvalue weighted by atomic mass is 10.1. The van der Waals surface area contributed by atoms with E-state index in [0.29, 0.717) is 6.07 Å². The number of rotatable bonds is 3. The molecule has 3 rings (SSSR count). The summed E-state index contributed by atoms with van der Waals surface area (Å²) in [6, 6.07) is 1.41. The van der Waals surface area contributed by atoms with Crippen molar-refractivity contribution in [2.24, 2.45) is 5.14 Å².